The van der Waals surface area contributed by atoms with Crippen LogP contribution in [0, 0.1) is 23.7 Å². The van der Waals surface area contributed by atoms with Gasteiger partial charge in [-0.05, 0) is 49.4 Å². The van der Waals surface area contributed by atoms with Crippen LogP contribution in [0.25, 0.3) is 0 Å². The number of hydrogen-bond acceptors (Lipinski definition) is 4. The minimum Gasteiger partial charge on any atom is -0.339 e. The topological polar surface area (TPSA) is 64.9 Å². The Hall–Kier alpha value is -0.900. The number of fused-ring (bicyclic) bond motifs is 5. The molecule has 3 aliphatic carbocycles. The number of aromatic nitrogens is 2. The van der Waals surface area contributed by atoms with Crippen molar-refractivity contribution < 1.29 is 4.52 Å². The third-order valence-corrected chi connectivity index (χ3v) is 5.41. The minimum atomic E-state index is -0.0530. The zero-order valence-electron chi connectivity index (χ0n) is 10.9. The Morgan fingerprint density at radius 2 is 2.06 bits per heavy atom. The fraction of sp³-hybridized carbons (Fsp3) is 0.857. The molecule has 0 spiro atoms. The van der Waals surface area contributed by atoms with Crippen molar-refractivity contribution in [2.24, 2.45) is 29.4 Å². The van der Waals surface area contributed by atoms with E-state index in [0.29, 0.717) is 11.7 Å². The van der Waals surface area contributed by atoms with Crippen LogP contribution in [0.4, 0.5) is 0 Å². The molecule has 18 heavy (non-hydrogen) atoms. The molecule has 2 N–H and O–H groups in total. The second-order valence-electron chi connectivity index (χ2n) is 6.40. The molecule has 1 aromatic rings. The standard InChI is InChI=1S/C14H21N3O/c1-2-3-9(15)13-16-14(18-17-13)12-10-7-4-5-8(6-7)11(10)12/h7-12H,2-6,15H2,1H3. The van der Waals surface area contributed by atoms with Crippen LogP contribution >= 0.6 is 0 Å². The van der Waals surface area contributed by atoms with Gasteiger partial charge < -0.3 is 10.3 Å². The highest BCUT2D eigenvalue weighted by Crippen LogP contribution is 2.72. The number of nitrogens with two attached hydrogens (primary N) is 1. The molecule has 0 aliphatic heterocycles. The highest BCUT2D eigenvalue weighted by molar-refractivity contribution is 5.23. The first-order valence-corrected chi connectivity index (χ1v) is 7.38. The second kappa shape index (κ2) is 3.80. The molecule has 3 aliphatic rings. The third-order valence-electron chi connectivity index (χ3n) is 5.41. The van der Waals surface area contributed by atoms with E-state index in [1.54, 1.807) is 0 Å². The van der Waals surface area contributed by atoms with E-state index in [2.05, 4.69) is 17.1 Å². The van der Waals surface area contributed by atoms with Crippen molar-refractivity contribution in [2.75, 3.05) is 0 Å². The van der Waals surface area contributed by atoms with Crippen LogP contribution in [0.2, 0.25) is 0 Å². The normalized spacial score (nSPS) is 42.0. The summed E-state index contributed by atoms with van der Waals surface area (Å²) in [6.07, 6.45) is 6.31. The smallest absolute Gasteiger partial charge is 0.230 e. The highest BCUT2D eigenvalue weighted by atomic mass is 16.5. The molecule has 3 saturated carbocycles. The molecule has 0 amide bonds. The maximum atomic E-state index is 6.04. The first-order valence-electron chi connectivity index (χ1n) is 7.38. The van der Waals surface area contributed by atoms with Gasteiger partial charge in [0, 0.05) is 5.92 Å². The molecule has 1 heterocycles. The van der Waals surface area contributed by atoms with E-state index in [-0.39, 0.29) is 6.04 Å². The SMILES string of the molecule is CCCC(N)c1noc(C2C3C4CCC(C4)C23)n1. The maximum absolute atomic E-state index is 6.04. The number of nitrogens with zero attached hydrogens (tertiary/aromatic N) is 2. The van der Waals surface area contributed by atoms with Crippen LogP contribution in [0.5, 0.6) is 0 Å². The van der Waals surface area contributed by atoms with Crippen molar-refractivity contribution >= 4 is 0 Å². The summed E-state index contributed by atoms with van der Waals surface area (Å²) >= 11 is 0. The van der Waals surface area contributed by atoms with E-state index in [1.807, 2.05) is 0 Å². The van der Waals surface area contributed by atoms with E-state index in [4.69, 9.17) is 10.3 Å². The predicted molar refractivity (Wildman–Crippen MR) is 66.7 cm³/mol. The summed E-state index contributed by atoms with van der Waals surface area (Å²) in [7, 11) is 0. The van der Waals surface area contributed by atoms with Crippen LogP contribution in [0.1, 0.15) is 62.7 Å². The summed E-state index contributed by atoms with van der Waals surface area (Å²) in [5.41, 5.74) is 6.04. The molecule has 5 atom stereocenters. The van der Waals surface area contributed by atoms with Crippen molar-refractivity contribution in [1.82, 2.24) is 10.1 Å². The van der Waals surface area contributed by atoms with E-state index >= 15 is 0 Å². The van der Waals surface area contributed by atoms with Gasteiger partial charge in [-0.1, -0.05) is 18.5 Å². The summed E-state index contributed by atoms with van der Waals surface area (Å²) in [5.74, 6) is 5.78. The van der Waals surface area contributed by atoms with E-state index in [0.717, 1.165) is 42.4 Å². The van der Waals surface area contributed by atoms with Gasteiger partial charge in [-0.25, -0.2) is 0 Å². The second-order valence-corrected chi connectivity index (χ2v) is 6.40. The lowest BCUT2D eigenvalue weighted by molar-refractivity contribution is 0.349. The van der Waals surface area contributed by atoms with Gasteiger partial charge in [-0.15, -0.1) is 0 Å². The Morgan fingerprint density at radius 1 is 1.33 bits per heavy atom. The fourth-order valence-corrected chi connectivity index (χ4v) is 4.63. The summed E-state index contributed by atoms with van der Waals surface area (Å²) < 4.78 is 5.48. The molecule has 4 nitrogen and oxygen atoms in total. The summed E-state index contributed by atoms with van der Waals surface area (Å²) in [4.78, 5) is 4.57. The Bertz CT molecular complexity index is 442. The molecule has 0 radical (unpaired) electrons. The van der Waals surface area contributed by atoms with Gasteiger partial charge in [0.2, 0.25) is 5.89 Å². The molecular formula is C14H21N3O. The van der Waals surface area contributed by atoms with Gasteiger partial charge in [0.25, 0.3) is 0 Å². The maximum Gasteiger partial charge on any atom is 0.230 e. The molecule has 0 aromatic carbocycles. The Labute approximate surface area is 107 Å². The third kappa shape index (κ3) is 1.41. The molecule has 98 valence electrons. The van der Waals surface area contributed by atoms with Crippen LogP contribution < -0.4 is 5.73 Å². The van der Waals surface area contributed by atoms with Crippen molar-refractivity contribution in [2.45, 2.75) is 51.0 Å². The van der Waals surface area contributed by atoms with Gasteiger partial charge in [0.05, 0.1) is 6.04 Å². The summed E-state index contributed by atoms with van der Waals surface area (Å²) in [6, 6.07) is -0.0530. The average Bonchev–Trinajstić information content (AvgIpc) is 2.80. The Kier molecular flexibility index (Phi) is 2.31. The van der Waals surface area contributed by atoms with Crippen molar-refractivity contribution in [3.63, 3.8) is 0 Å². The quantitative estimate of drug-likeness (QED) is 0.888. The Balaban J connectivity index is 1.51. The van der Waals surface area contributed by atoms with E-state index < -0.39 is 0 Å². The molecule has 3 fully saturated rings. The molecule has 5 unspecified atom stereocenters. The zero-order valence-corrected chi connectivity index (χ0v) is 10.9. The van der Waals surface area contributed by atoms with E-state index in [1.165, 1.54) is 19.3 Å². The fourth-order valence-electron chi connectivity index (χ4n) is 4.63. The Morgan fingerprint density at radius 3 is 2.72 bits per heavy atom. The molecular weight excluding hydrogens is 226 g/mol. The largest absolute Gasteiger partial charge is 0.339 e. The van der Waals surface area contributed by atoms with Gasteiger partial charge in [-0.2, -0.15) is 4.98 Å². The monoisotopic (exact) mass is 247 g/mol. The van der Waals surface area contributed by atoms with Gasteiger partial charge >= 0.3 is 0 Å². The van der Waals surface area contributed by atoms with Gasteiger partial charge in [-0.3, -0.25) is 0 Å². The van der Waals surface area contributed by atoms with Crippen LogP contribution in [-0.4, -0.2) is 10.1 Å². The molecule has 4 rings (SSSR count). The molecule has 4 heteroatoms. The average molecular weight is 247 g/mol. The lowest BCUT2D eigenvalue weighted by Crippen LogP contribution is -2.11. The molecule has 0 saturated heterocycles. The van der Waals surface area contributed by atoms with Crippen molar-refractivity contribution in [1.29, 1.82) is 0 Å². The van der Waals surface area contributed by atoms with Crippen molar-refractivity contribution in [3.05, 3.63) is 11.7 Å². The first kappa shape index (κ1) is 11.0. The first-order chi connectivity index (χ1) is 8.79. The number of hydrogen-bond donors (Lipinski definition) is 1. The molecule has 1 aromatic heterocycles. The lowest BCUT2D eigenvalue weighted by Gasteiger charge is -2.04. The zero-order chi connectivity index (χ0) is 12.3. The number of rotatable bonds is 4. The van der Waals surface area contributed by atoms with Crippen LogP contribution in [0.15, 0.2) is 4.52 Å². The van der Waals surface area contributed by atoms with Crippen LogP contribution in [0.3, 0.4) is 0 Å². The van der Waals surface area contributed by atoms with E-state index in [9.17, 15) is 0 Å². The van der Waals surface area contributed by atoms with Crippen LogP contribution in [-0.2, 0) is 0 Å². The predicted octanol–water partition coefficient (Wildman–Crippen LogP) is 2.63. The van der Waals surface area contributed by atoms with Gasteiger partial charge in [0.1, 0.15) is 0 Å². The minimum absolute atomic E-state index is 0.0530. The summed E-state index contributed by atoms with van der Waals surface area (Å²) in [6.45, 7) is 2.13. The molecule has 2 bridgehead atoms. The van der Waals surface area contributed by atoms with Gasteiger partial charge in [0.15, 0.2) is 5.82 Å². The van der Waals surface area contributed by atoms with Crippen molar-refractivity contribution in [3.8, 4) is 0 Å². The highest BCUT2D eigenvalue weighted by Gasteiger charge is 2.67. The summed E-state index contributed by atoms with van der Waals surface area (Å²) in [5, 5.41) is 4.08. The lowest BCUT2D eigenvalue weighted by atomic mass is 10.0.